The molecule has 0 saturated heterocycles. The summed E-state index contributed by atoms with van der Waals surface area (Å²) in [6, 6.07) is 0. The summed E-state index contributed by atoms with van der Waals surface area (Å²) in [5, 5.41) is -0.273. The molecule has 0 aliphatic rings. The molecule has 0 radical (unpaired) electrons. The molecule has 0 aliphatic carbocycles. The molecule has 18 heavy (non-hydrogen) atoms. The first kappa shape index (κ1) is 15.0. The molecule has 1 aromatic heterocycles. The Labute approximate surface area is 108 Å². The Bertz CT molecular complexity index is 516. The van der Waals surface area contributed by atoms with Crippen LogP contribution >= 0.6 is 0 Å². The van der Waals surface area contributed by atoms with Gasteiger partial charge in [0, 0.05) is 28.9 Å². The van der Waals surface area contributed by atoms with E-state index < -0.39 is 20.8 Å². The number of anilines is 1. The zero-order valence-corrected chi connectivity index (χ0v) is 11.6. The monoisotopic (exact) mass is 293 g/mol. The highest BCUT2D eigenvalue weighted by Crippen LogP contribution is 2.07. The lowest BCUT2D eigenvalue weighted by Crippen LogP contribution is -2.32. The van der Waals surface area contributed by atoms with E-state index in [0.717, 1.165) is 12.4 Å². The van der Waals surface area contributed by atoms with Crippen molar-refractivity contribution in [3.05, 3.63) is 12.4 Å². The number of sulfonamides is 1. The van der Waals surface area contributed by atoms with Gasteiger partial charge in [0.1, 0.15) is 4.90 Å². The highest BCUT2D eigenvalue weighted by Gasteiger charge is 2.17. The van der Waals surface area contributed by atoms with Crippen molar-refractivity contribution in [2.75, 3.05) is 18.2 Å². The summed E-state index contributed by atoms with van der Waals surface area (Å²) in [6.45, 7) is 1.78. The van der Waals surface area contributed by atoms with Crippen LogP contribution in [-0.2, 0) is 20.8 Å². The number of hydrazine groups is 1. The third-order valence-corrected chi connectivity index (χ3v) is 4.87. The minimum Gasteiger partial charge on any atom is -0.292 e. The van der Waals surface area contributed by atoms with Crippen LogP contribution in [0.1, 0.15) is 6.92 Å². The fourth-order valence-corrected chi connectivity index (χ4v) is 2.40. The van der Waals surface area contributed by atoms with Crippen molar-refractivity contribution < 1.29 is 12.6 Å². The zero-order valence-electron chi connectivity index (χ0n) is 9.95. The van der Waals surface area contributed by atoms with Gasteiger partial charge in [-0.2, -0.15) is 0 Å². The molecule has 0 bridgehead atoms. The number of nitrogens with two attached hydrogens (primary N) is 1. The second-order valence-electron chi connectivity index (χ2n) is 3.55. The van der Waals surface area contributed by atoms with Gasteiger partial charge in [0.15, 0.2) is 0 Å². The standard InChI is InChI=1S/C8H15N5O3S2/c1-6(17(2)14)3-12-18(15,16)7-4-10-8(13-9)11-5-7/h4-6,12H,3,9H2,1-2H3,(H,10,11,13). The molecule has 0 fully saturated rings. The highest BCUT2D eigenvalue weighted by molar-refractivity contribution is 7.89. The Balaban J connectivity index is 2.76. The Morgan fingerprint density at radius 1 is 1.44 bits per heavy atom. The molecule has 1 rings (SSSR count). The minimum absolute atomic E-state index is 0.0735. The second kappa shape index (κ2) is 6.18. The molecular formula is C8H15N5O3S2. The molecule has 2 atom stereocenters. The molecule has 0 aromatic carbocycles. The third-order valence-electron chi connectivity index (χ3n) is 2.19. The normalized spacial score (nSPS) is 15.1. The van der Waals surface area contributed by atoms with Crippen LogP contribution in [0, 0.1) is 0 Å². The fourth-order valence-electron chi connectivity index (χ4n) is 0.957. The van der Waals surface area contributed by atoms with Gasteiger partial charge in [-0.3, -0.25) is 9.63 Å². The smallest absolute Gasteiger partial charge is 0.243 e. The zero-order chi connectivity index (χ0) is 13.8. The first-order valence-corrected chi connectivity index (χ1v) is 8.08. The van der Waals surface area contributed by atoms with E-state index >= 15 is 0 Å². The van der Waals surface area contributed by atoms with Crippen LogP contribution in [0.4, 0.5) is 5.95 Å². The molecule has 0 spiro atoms. The average molecular weight is 293 g/mol. The summed E-state index contributed by atoms with van der Waals surface area (Å²) in [6.07, 6.45) is 3.79. The largest absolute Gasteiger partial charge is 0.292 e. The summed E-state index contributed by atoms with van der Waals surface area (Å²) in [5.74, 6) is 5.19. The van der Waals surface area contributed by atoms with E-state index in [1.54, 1.807) is 6.92 Å². The summed E-state index contributed by atoms with van der Waals surface area (Å²) in [7, 11) is -4.78. The summed E-state index contributed by atoms with van der Waals surface area (Å²) in [4.78, 5) is 7.33. The van der Waals surface area contributed by atoms with Crippen molar-refractivity contribution in [2.24, 2.45) is 5.84 Å². The number of nitrogens with one attached hydrogen (secondary N) is 2. The van der Waals surface area contributed by atoms with Gasteiger partial charge in [-0.25, -0.2) is 29.0 Å². The van der Waals surface area contributed by atoms with E-state index in [0.29, 0.717) is 0 Å². The van der Waals surface area contributed by atoms with E-state index in [-0.39, 0.29) is 22.6 Å². The topological polar surface area (TPSA) is 127 Å². The second-order valence-corrected chi connectivity index (χ2v) is 7.12. The van der Waals surface area contributed by atoms with Crippen molar-refractivity contribution in [3.63, 3.8) is 0 Å². The predicted octanol–water partition coefficient (Wildman–Crippen LogP) is -1.19. The lowest BCUT2D eigenvalue weighted by atomic mass is 10.5. The lowest BCUT2D eigenvalue weighted by Gasteiger charge is -2.10. The van der Waals surface area contributed by atoms with Crippen LogP contribution in [0.2, 0.25) is 0 Å². The number of hydrogen-bond acceptors (Lipinski definition) is 7. The Morgan fingerprint density at radius 3 is 2.44 bits per heavy atom. The molecule has 1 heterocycles. The quantitative estimate of drug-likeness (QED) is 0.444. The third kappa shape index (κ3) is 3.98. The van der Waals surface area contributed by atoms with E-state index in [4.69, 9.17) is 5.84 Å². The highest BCUT2D eigenvalue weighted by atomic mass is 32.2. The van der Waals surface area contributed by atoms with Crippen LogP contribution in [0.25, 0.3) is 0 Å². The summed E-state index contributed by atoms with van der Waals surface area (Å²) >= 11 is 0. The van der Waals surface area contributed by atoms with Crippen LogP contribution < -0.4 is 16.0 Å². The van der Waals surface area contributed by atoms with Crippen molar-refractivity contribution in [1.29, 1.82) is 0 Å². The Morgan fingerprint density at radius 2 is 2.00 bits per heavy atom. The maximum Gasteiger partial charge on any atom is 0.243 e. The number of aromatic nitrogens is 2. The maximum atomic E-state index is 11.8. The van der Waals surface area contributed by atoms with Crippen molar-refractivity contribution >= 4 is 26.8 Å². The van der Waals surface area contributed by atoms with Gasteiger partial charge in [0.25, 0.3) is 0 Å². The summed E-state index contributed by atoms with van der Waals surface area (Å²) in [5.41, 5.74) is 2.19. The summed E-state index contributed by atoms with van der Waals surface area (Å²) < 4.78 is 37.1. The molecule has 1 aromatic rings. The van der Waals surface area contributed by atoms with Gasteiger partial charge in [0.2, 0.25) is 16.0 Å². The molecule has 10 heteroatoms. The number of rotatable bonds is 6. The van der Waals surface area contributed by atoms with Crippen molar-refractivity contribution in [3.8, 4) is 0 Å². The van der Waals surface area contributed by atoms with Crippen molar-refractivity contribution in [2.45, 2.75) is 17.1 Å². The minimum atomic E-state index is -3.69. The van der Waals surface area contributed by atoms with E-state index in [9.17, 15) is 12.6 Å². The number of nitrogen functional groups attached to an aromatic ring is 1. The first-order chi connectivity index (χ1) is 8.36. The van der Waals surface area contributed by atoms with Gasteiger partial charge in [0.05, 0.1) is 12.4 Å². The lowest BCUT2D eigenvalue weighted by molar-refractivity contribution is 0.579. The number of nitrogens with zero attached hydrogens (tertiary/aromatic N) is 2. The average Bonchev–Trinajstić information content (AvgIpc) is 2.36. The first-order valence-electron chi connectivity index (χ1n) is 4.97. The number of hydrogen-bond donors (Lipinski definition) is 3. The maximum absolute atomic E-state index is 11.8. The van der Waals surface area contributed by atoms with Gasteiger partial charge in [-0.15, -0.1) is 0 Å². The van der Waals surface area contributed by atoms with Crippen LogP contribution in [0.15, 0.2) is 17.3 Å². The molecule has 4 N–H and O–H groups in total. The predicted molar refractivity (Wildman–Crippen MR) is 68.6 cm³/mol. The Hall–Kier alpha value is -1.10. The molecule has 0 amide bonds. The van der Waals surface area contributed by atoms with E-state index in [2.05, 4.69) is 20.1 Å². The van der Waals surface area contributed by atoms with Crippen LogP contribution in [0.5, 0.6) is 0 Å². The van der Waals surface area contributed by atoms with Gasteiger partial charge in [-0.05, 0) is 6.92 Å². The van der Waals surface area contributed by atoms with E-state index in [1.165, 1.54) is 6.26 Å². The van der Waals surface area contributed by atoms with E-state index in [1.807, 2.05) is 0 Å². The van der Waals surface area contributed by atoms with Crippen LogP contribution in [-0.4, -0.2) is 40.6 Å². The van der Waals surface area contributed by atoms with Crippen molar-refractivity contribution in [1.82, 2.24) is 14.7 Å². The molecule has 8 nitrogen and oxygen atoms in total. The van der Waals surface area contributed by atoms with Gasteiger partial charge < -0.3 is 0 Å². The molecule has 102 valence electrons. The van der Waals surface area contributed by atoms with Gasteiger partial charge >= 0.3 is 0 Å². The molecular weight excluding hydrogens is 278 g/mol. The SMILES string of the molecule is CC(CNS(=O)(=O)c1cnc(NN)nc1)S(C)=O. The molecule has 0 aliphatic heterocycles. The Kier molecular flexibility index (Phi) is 5.14. The molecule has 2 unspecified atom stereocenters. The fraction of sp³-hybridized carbons (Fsp3) is 0.500. The van der Waals surface area contributed by atoms with Crippen LogP contribution in [0.3, 0.4) is 0 Å². The van der Waals surface area contributed by atoms with Gasteiger partial charge in [-0.1, -0.05) is 0 Å². The molecule has 0 saturated carbocycles.